The third-order valence-corrected chi connectivity index (χ3v) is 4.61. The molecule has 0 aliphatic carbocycles. The molecule has 0 bridgehead atoms. The highest BCUT2D eigenvalue weighted by molar-refractivity contribution is 5.82. The van der Waals surface area contributed by atoms with Crippen LogP contribution in [0.1, 0.15) is 44.9 Å². The highest BCUT2D eigenvalue weighted by Gasteiger charge is 2.23. The highest BCUT2D eigenvalue weighted by Crippen LogP contribution is 2.22. The van der Waals surface area contributed by atoms with Crippen molar-refractivity contribution < 1.29 is 9.53 Å². The van der Waals surface area contributed by atoms with Crippen LogP contribution in [0.4, 0.5) is 0 Å². The Bertz CT molecular complexity index is 688. The zero-order chi connectivity index (χ0) is 19.8. The summed E-state index contributed by atoms with van der Waals surface area (Å²) in [5, 5.41) is 3.05. The van der Waals surface area contributed by atoms with Gasteiger partial charge in [0.15, 0.2) is 0 Å². The van der Waals surface area contributed by atoms with Gasteiger partial charge in [-0.3, -0.25) is 9.69 Å². The summed E-state index contributed by atoms with van der Waals surface area (Å²) in [6.45, 7) is 12.1. The summed E-state index contributed by atoms with van der Waals surface area (Å²) in [5.41, 5.74) is 2.01. The molecule has 0 fully saturated rings. The minimum atomic E-state index is -0.666. The van der Waals surface area contributed by atoms with Crippen LogP contribution >= 0.6 is 0 Å². The highest BCUT2D eigenvalue weighted by atomic mass is 16.5. The first-order valence-corrected chi connectivity index (χ1v) is 9.70. The van der Waals surface area contributed by atoms with E-state index in [0.29, 0.717) is 24.4 Å². The van der Waals surface area contributed by atoms with Crippen molar-refractivity contribution in [3.8, 4) is 5.75 Å². The molecule has 0 radical (unpaired) electrons. The van der Waals surface area contributed by atoms with Crippen LogP contribution in [0.2, 0.25) is 0 Å². The molecule has 146 valence electrons. The first-order valence-electron chi connectivity index (χ1n) is 9.70. The Morgan fingerprint density at radius 1 is 0.963 bits per heavy atom. The summed E-state index contributed by atoms with van der Waals surface area (Å²) >= 11 is 0. The molecule has 1 N–H and O–H groups in total. The van der Waals surface area contributed by atoms with E-state index < -0.39 is 6.10 Å². The number of ether oxygens (including phenoxy) is 1. The van der Waals surface area contributed by atoms with E-state index in [-0.39, 0.29) is 5.91 Å². The molecule has 0 saturated carbocycles. The summed E-state index contributed by atoms with van der Waals surface area (Å²) < 4.78 is 6.04. The maximum Gasteiger partial charge on any atom is 0.265 e. The Kier molecular flexibility index (Phi) is 7.86. The summed E-state index contributed by atoms with van der Waals surface area (Å²) in [4.78, 5) is 15.2. The van der Waals surface area contributed by atoms with Gasteiger partial charge in [-0.1, -0.05) is 48.0 Å². The van der Waals surface area contributed by atoms with E-state index in [2.05, 4.69) is 37.9 Å². The third kappa shape index (κ3) is 6.40. The number of aryl methyl sites for hydroxylation is 1. The maximum atomic E-state index is 12.9. The van der Waals surface area contributed by atoms with E-state index in [1.165, 1.54) is 0 Å². The van der Waals surface area contributed by atoms with Gasteiger partial charge in [-0.2, -0.15) is 0 Å². The van der Waals surface area contributed by atoms with Gasteiger partial charge in [-0.15, -0.1) is 0 Å². The molecule has 2 aromatic rings. The summed E-state index contributed by atoms with van der Waals surface area (Å²) in [5.74, 6) is 0.574. The molecule has 4 nitrogen and oxygen atoms in total. The van der Waals surface area contributed by atoms with Crippen molar-refractivity contribution in [2.45, 2.75) is 52.8 Å². The van der Waals surface area contributed by atoms with Gasteiger partial charge < -0.3 is 10.1 Å². The van der Waals surface area contributed by atoms with Gasteiger partial charge in [0.2, 0.25) is 6.10 Å². The average molecular weight is 369 g/mol. The van der Waals surface area contributed by atoms with Gasteiger partial charge in [0.25, 0.3) is 5.91 Å². The molecule has 2 rings (SSSR count). The molecule has 0 saturated heterocycles. The second-order valence-corrected chi connectivity index (χ2v) is 7.44. The van der Waals surface area contributed by atoms with Crippen molar-refractivity contribution in [1.82, 2.24) is 10.2 Å². The standard InChI is InChI=1S/C23H32N2O2/c1-17(2)25(18(3)4)16-15-24-23(26)22(20-9-7-6-8-10-20)27-21-13-11-19(5)12-14-21/h6-14,17-18,22H,15-16H2,1-5H3,(H,24,26). The van der Waals surface area contributed by atoms with Gasteiger partial charge >= 0.3 is 0 Å². The summed E-state index contributed by atoms with van der Waals surface area (Å²) in [6.07, 6.45) is -0.666. The van der Waals surface area contributed by atoms with Crippen LogP contribution in [-0.2, 0) is 4.79 Å². The lowest BCUT2D eigenvalue weighted by Gasteiger charge is -2.30. The first kappa shape index (κ1) is 21.0. The molecular weight excluding hydrogens is 336 g/mol. The predicted molar refractivity (Wildman–Crippen MR) is 111 cm³/mol. The number of amides is 1. The van der Waals surface area contributed by atoms with Crippen molar-refractivity contribution in [2.75, 3.05) is 13.1 Å². The van der Waals surface area contributed by atoms with Crippen molar-refractivity contribution >= 4 is 5.91 Å². The summed E-state index contributed by atoms with van der Waals surface area (Å²) in [6, 6.07) is 18.3. The molecule has 1 amide bonds. The van der Waals surface area contributed by atoms with Gasteiger partial charge in [-0.05, 0) is 46.8 Å². The van der Waals surface area contributed by atoms with Crippen molar-refractivity contribution in [3.63, 3.8) is 0 Å². The Labute approximate surface area is 163 Å². The molecule has 0 aromatic heterocycles. The quantitative estimate of drug-likeness (QED) is 0.715. The average Bonchev–Trinajstić information content (AvgIpc) is 2.64. The van der Waals surface area contributed by atoms with Crippen LogP contribution < -0.4 is 10.1 Å². The van der Waals surface area contributed by atoms with Crippen molar-refractivity contribution in [2.24, 2.45) is 0 Å². The molecule has 2 aromatic carbocycles. The Balaban J connectivity index is 2.06. The van der Waals surface area contributed by atoms with Crippen LogP contribution in [0.5, 0.6) is 5.75 Å². The number of rotatable bonds is 9. The fourth-order valence-corrected chi connectivity index (χ4v) is 3.17. The smallest absolute Gasteiger partial charge is 0.265 e. The normalized spacial score (nSPS) is 12.4. The molecule has 0 heterocycles. The van der Waals surface area contributed by atoms with E-state index in [9.17, 15) is 4.79 Å². The number of benzene rings is 2. The zero-order valence-corrected chi connectivity index (χ0v) is 17.1. The molecule has 0 spiro atoms. The van der Waals surface area contributed by atoms with E-state index in [0.717, 1.165) is 17.7 Å². The van der Waals surface area contributed by atoms with Crippen molar-refractivity contribution in [3.05, 3.63) is 65.7 Å². The number of hydrogen-bond acceptors (Lipinski definition) is 3. The van der Waals surface area contributed by atoms with E-state index in [1.807, 2.05) is 61.5 Å². The Morgan fingerprint density at radius 3 is 2.11 bits per heavy atom. The fourth-order valence-electron chi connectivity index (χ4n) is 3.17. The Hall–Kier alpha value is -2.33. The molecule has 0 aliphatic rings. The second-order valence-electron chi connectivity index (χ2n) is 7.44. The van der Waals surface area contributed by atoms with E-state index in [1.54, 1.807) is 0 Å². The number of carbonyl (C=O) groups is 1. The minimum Gasteiger partial charge on any atom is -0.476 e. The van der Waals surface area contributed by atoms with Crippen molar-refractivity contribution in [1.29, 1.82) is 0 Å². The van der Waals surface area contributed by atoms with Crippen LogP contribution in [0.15, 0.2) is 54.6 Å². The number of carbonyl (C=O) groups excluding carboxylic acids is 1. The molecule has 4 heteroatoms. The fraction of sp³-hybridized carbons (Fsp3) is 0.435. The van der Waals surface area contributed by atoms with E-state index >= 15 is 0 Å². The van der Waals surface area contributed by atoms with Gasteiger partial charge in [0.05, 0.1) is 0 Å². The predicted octanol–water partition coefficient (Wildman–Crippen LogP) is 4.35. The molecule has 0 aliphatic heterocycles. The minimum absolute atomic E-state index is 0.116. The van der Waals surface area contributed by atoms with Crippen LogP contribution in [0.3, 0.4) is 0 Å². The van der Waals surface area contributed by atoms with E-state index in [4.69, 9.17) is 4.74 Å². The topological polar surface area (TPSA) is 41.6 Å². The molecule has 1 unspecified atom stereocenters. The zero-order valence-electron chi connectivity index (χ0n) is 17.1. The lowest BCUT2D eigenvalue weighted by atomic mass is 10.1. The van der Waals surface area contributed by atoms with Crippen LogP contribution in [0, 0.1) is 6.92 Å². The second kappa shape index (κ2) is 10.1. The maximum absolute atomic E-state index is 12.9. The lowest BCUT2D eigenvalue weighted by molar-refractivity contribution is -0.128. The third-order valence-electron chi connectivity index (χ3n) is 4.61. The van der Waals surface area contributed by atoms with Gasteiger partial charge in [-0.25, -0.2) is 0 Å². The van der Waals surface area contributed by atoms with Crippen LogP contribution in [0.25, 0.3) is 0 Å². The first-order chi connectivity index (χ1) is 12.9. The largest absolute Gasteiger partial charge is 0.476 e. The molecular formula is C23H32N2O2. The lowest BCUT2D eigenvalue weighted by Crippen LogP contribution is -2.43. The van der Waals surface area contributed by atoms with Crippen LogP contribution in [-0.4, -0.2) is 36.0 Å². The SMILES string of the molecule is Cc1ccc(OC(C(=O)NCCN(C(C)C)C(C)C)c2ccccc2)cc1. The summed E-state index contributed by atoms with van der Waals surface area (Å²) in [7, 11) is 0. The Morgan fingerprint density at radius 2 is 1.56 bits per heavy atom. The molecule has 27 heavy (non-hydrogen) atoms. The number of nitrogens with zero attached hydrogens (tertiary/aromatic N) is 1. The number of hydrogen-bond donors (Lipinski definition) is 1. The van der Waals surface area contributed by atoms with Gasteiger partial charge in [0.1, 0.15) is 5.75 Å². The monoisotopic (exact) mass is 368 g/mol. The molecule has 1 atom stereocenters. The van der Waals surface area contributed by atoms with Gasteiger partial charge in [0, 0.05) is 30.7 Å². The number of nitrogens with one attached hydrogen (secondary N) is 1.